The summed E-state index contributed by atoms with van der Waals surface area (Å²) in [7, 11) is 0. The van der Waals surface area contributed by atoms with Gasteiger partial charge in [-0.25, -0.2) is 0 Å². The van der Waals surface area contributed by atoms with E-state index in [-0.39, 0.29) is 5.96 Å². The SMILES string of the molecule is CCOC[C@H]1CCCCN1C(=N)N. The minimum absolute atomic E-state index is 0.185. The lowest BCUT2D eigenvalue weighted by Gasteiger charge is -2.35. The van der Waals surface area contributed by atoms with Crippen LogP contribution in [-0.2, 0) is 4.74 Å². The van der Waals surface area contributed by atoms with E-state index in [9.17, 15) is 0 Å². The third kappa shape index (κ3) is 2.88. The van der Waals surface area contributed by atoms with E-state index >= 15 is 0 Å². The first-order chi connectivity index (χ1) is 6.25. The van der Waals surface area contributed by atoms with Gasteiger partial charge in [-0.1, -0.05) is 0 Å². The van der Waals surface area contributed by atoms with Gasteiger partial charge in [-0.2, -0.15) is 0 Å². The molecular formula is C9H19N3O. The van der Waals surface area contributed by atoms with Crippen molar-refractivity contribution in [2.75, 3.05) is 19.8 Å². The maximum atomic E-state index is 7.40. The van der Waals surface area contributed by atoms with Gasteiger partial charge in [0.1, 0.15) is 0 Å². The van der Waals surface area contributed by atoms with Crippen LogP contribution in [0.25, 0.3) is 0 Å². The fourth-order valence-corrected chi connectivity index (χ4v) is 1.74. The standard InChI is InChI=1S/C9H19N3O/c1-2-13-7-8-5-3-4-6-12(8)9(10)11/h8H,2-7H2,1H3,(H3,10,11)/t8-/m1/s1. The third-order valence-corrected chi connectivity index (χ3v) is 2.45. The molecule has 0 radical (unpaired) electrons. The molecule has 1 aliphatic heterocycles. The van der Waals surface area contributed by atoms with Crippen molar-refractivity contribution in [3.8, 4) is 0 Å². The Kier molecular flexibility index (Phi) is 4.02. The lowest BCUT2D eigenvalue weighted by Crippen LogP contribution is -2.48. The van der Waals surface area contributed by atoms with Gasteiger partial charge in [0.2, 0.25) is 0 Å². The van der Waals surface area contributed by atoms with Crippen molar-refractivity contribution in [3.05, 3.63) is 0 Å². The van der Waals surface area contributed by atoms with Crippen LogP contribution in [0.2, 0.25) is 0 Å². The predicted molar refractivity (Wildman–Crippen MR) is 52.8 cm³/mol. The van der Waals surface area contributed by atoms with E-state index in [0.29, 0.717) is 12.6 Å². The number of hydrogen-bond acceptors (Lipinski definition) is 2. The summed E-state index contributed by atoms with van der Waals surface area (Å²) in [4.78, 5) is 1.94. The Morgan fingerprint density at radius 2 is 2.38 bits per heavy atom. The molecule has 13 heavy (non-hydrogen) atoms. The molecule has 0 aromatic carbocycles. The van der Waals surface area contributed by atoms with Crippen molar-refractivity contribution in [1.82, 2.24) is 4.90 Å². The third-order valence-electron chi connectivity index (χ3n) is 2.45. The number of nitrogens with two attached hydrogens (primary N) is 1. The zero-order chi connectivity index (χ0) is 9.68. The Morgan fingerprint density at radius 3 is 3.00 bits per heavy atom. The van der Waals surface area contributed by atoms with Gasteiger partial charge in [-0.05, 0) is 26.2 Å². The molecule has 3 N–H and O–H groups in total. The number of nitrogens with one attached hydrogen (secondary N) is 1. The highest BCUT2D eigenvalue weighted by Crippen LogP contribution is 2.16. The number of piperidine rings is 1. The Hall–Kier alpha value is -0.770. The van der Waals surface area contributed by atoms with Crippen LogP contribution in [0, 0.1) is 5.41 Å². The molecule has 0 aromatic heterocycles. The molecule has 1 atom stereocenters. The number of rotatable bonds is 3. The highest BCUT2D eigenvalue weighted by atomic mass is 16.5. The second-order valence-electron chi connectivity index (χ2n) is 3.39. The van der Waals surface area contributed by atoms with Crippen LogP contribution in [-0.4, -0.2) is 36.7 Å². The van der Waals surface area contributed by atoms with Gasteiger partial charge in [0.25, 0.3) is 0 Å². The highest BCUT2D eigenvalue weighted by molar-refractivity contribution is 5.75. The first-order valence-electron chi connectivity index (χ1n) is 4.94. The molecular weight excluding hydrogens is 166 g/mol. The summed E-state index contributed by atoms with van der Waals surface area (Å²) in [5.41, 5.74) is 5.48. The lowest BCUT2D eigenvalue weighted by atomic mass is 10.0. The summed E-state index contributed by atoms with van der Waals surface area (Å²) >= 11 is 0. The quantitative estimate of drug-likeness (QED) is 0.504. The Balaban J connectivity index is 2.41. The molecule has 1 saturated heterocycles. The van der Waals surface area contributed by atoms with Crippen molar-refractivity contribution in [3.63, 3.8) is 0 Å². The van der Waals surface area contributed by atoms with Crippen LogP contribution < -0.4 is 5.73 Å². The number of likely N-dealkylation sites (tertiary alicyclic amines) is 1. The Bertz CT molecular complexity index is 172. The van der Waals surface area contributed by atoms with Gasteiger partial charge in [-0.3, -0.25) is 5.41 Å². The molecule has 1 aliphatic rings. The topological polar surface area (TPSA) is 62.3 Å². The van der Waals surface area contributed by atoms with Gasteiger partial charge >= 0.3 is 0 Å². The summed E-state index contributed by atoms with van der Waals surface area (Å²) < 4.78 is 5.36. The van der Waals surface area contributed by atoms with Crippen LogP contribution in [0.5, 0.6) is 0 Å². The van der Waals surface area contributed by atoms with Gasteiger partial charge in [0, 0.05) is 13.2 Å². The number of ether oxygens (including phenoxy) is 1. The first kappa shape index (κ1) is 10.3. The molecule has 0 amide bonds. The van der Waals surface area contributed by atoms with Crippen molar-refractivity contribution < 1.29 is 4.74 Å². The van der Waals surface area contributed by atoms with E-state index in [0.717, 1.165) is 26.0 Å². The maximum Gasteiger partial charge on any atom is 0.188 e. The molecule has 0 unspecified atom stereocenters. The summed E-state index contributed by atoms with van der Waals surface area (Å²) in [5.74, 6) is 0.185. The van der Waals surface area contributed by atoms with E-state index < -0.39 is 0 Å². The first-order valence-corrected chi connectivity index (χ1v) is 4.94. The minimum atomic E-state index is 0.185. The summed E-state index contributed by atoms with van der Waals surface area (Å²) in [6.07, 6.45) is 3.46. The van der Waals surface area contributed by atoms with Crippen LogP contribution in [0.1, 0.15) is 26.2 Å². The molecule has 4 nitrogen and oxygen atoms in total. The molecule has 0 bridgehead atoms. The Morgan fingerprint density at radius 1 is 1.62 bits per heavy atom. The van der Waals surface area contributed by atoms with Crippen LogP contribution in [0.4, 0.5) is 0 Å². The van der Waals surface area contributed by atoms with E-state index in [1.165, 1.54) is 6.42 Å². The smallest absolute Gasteiger partial charge is 0.188 e. The number of guanidine groups is 1. The van der Waals surface area contributed by atoms with Crippen molar-refractivity contribution in [2.24, 2.45) is 5.73 Å². The average Bonchev–Trinajstić information content (AvgIpc) is 2.15. The summed E-state index contributed by atoms with van der Waals surface area (Å²) in [6.45, 7) is 4.34. The zero-order valence-corrected chi connectivity index (χ0v) is 8.25. The molecule has 0 spiro atoms. The molecule has 0 aliphatic carbocycles. The lowest BCUT2D eigenvalue weighted by molar-refractivity contribution is 0.0770. The molecule has 1 rings (SSSR count). The van der Waals surface area contributed by atoms with Crippen molar-refractivity contribution in [2.45, 2.75) is 32.2 Å². The van der Waals surface area contributed by atoms with Crippen LogP contribution in [0.3, 0.4) is 0 Å². The highest BCUT2D eigenvalue weighted by Gasteiger charge is 2.22. The van der Waals surface area contributed by atoms with Gasteiger partial charge in [0.05, 0.1) is 12.6 Å². The van der Waals surface area contributed by atoms with E-state index in [1.807, 2.05) is 11.8 Å². The van der Waals surface area contributed by atoms with Crippen molar-refractivity contribution in [1.29, 1.82) is 5.41 Å². The van der Waals surface area contributed by atoms with Crippen LogP contribution in [0.15, 0.2) is 0 Å². The van der Waals surface area contributed by atoms with Crippen molar-refractivity contribution >= 4 is 5.96 Å². The molecule has 1 heterocycles. The molecule has 0 aromatic rings. The van der Waals surface area contributed by atoms with E-state index in [2.05, 4.69) is 0 Å². The van der Waals surface area contributed by atoms with Crippen LogP contribution >= 0.6 is 0 Å². The second-order valence-corrected chi connectivity index (χ2v) is 3.39. The number of hydrogen-bond donors (Lipinski definition) is 2. The molecule has 1 fully saturated rings. The normalized spacial score (nSPS) is 23.2. The molecule has 0 saturated carbocycles. The fraction of sp³-hybridized carbons (Fsp3) is 0.889. The second kappa shape index (κ2) is 5.07. The fourth-order valence-electron chi connectivity index (χ4n) is 1.74. The summed E-state index contributed by atoms with van der Waals surface area (Å²) in [6, 6.07) is 0.325. The predicted octanol–water partition coefficient (Wildman–Crippen LogP) is 0.771. The maximum absolute atomic E-state index is 7.40. The average molecular weight is 185 g/mol. The molecule has 4 heteroatoms. The van der Waals surface area contributed by atoms with E-state index in [1.54, 1.807) is 0 Å². The van der Waals surface area contributed by atoms with Gasteiger partial charge < -0.3 is 15.4 Å². The Labute approximate surface area is 79.6 Å². The minimum Gasteiger partial charge on any atom is -0.380 e. The monoisotopic (exact) mass is 185 g/mol. The molecule has 76 valence electrons. The van der Waals surface area contributed by atoms with E-state index in [4.69, 9.17) is 15.9 Å². The number of nitrogens with zero attached hydrogens (tertiary/aromatic N) is 1. The summed E-state index contributed by atoms with van der Waals surface area (Å²) in [5, 5.41) is 7.40. The van der Waals surface area contributed by atoms with Gasteiger partial charge in [-0.15, -0.1) is 0 Å². The van der Waals surface area contributed by atoms with Gasteiger partial charge in [0.15, 0.2) is 5.96 Å². The largest absolute Gasteiger partial charge is 0.380 e. The zero-order valence-electron chi connectivity index (χ0n) is 8.25.